The number of likely N-dealkylation sites (N-methyl/N-ethyl adjacent to an activating group) is 1. The van der Waals surface area contributed by atoms with E-state index in [1.54, 1.807) is 0 Å². The van der Waals surface area contributed by atoms with Gasteiger partial charge in [-0.2, -0.15) is 0 Å². The lowest BCUT2D eigenvalue weighted by Gasteiger charge is -2.33. The highest BCUT2D eigenvalue weighted by Gasteiger charge is 2.40. The zero-order chi connectivity index (χ0) is 14.8. The minimum Gasteiger partial charge on any atom is -0.394 e. The van der Waals surface area contributed by atoms with Crippen molar-refractivity contribution in [1.82, 2.24) is 5.32 Å². The predicted octanol–water partition coefficient (Wildman–Crippen LogP) is 3.50. The van der Waals surface area contributed by atoms with Gasteiger partial charge in [-0.3, -0.25) is 0 Å². The Hall–Kier alpha value is -0.120. The molecular formula is C17H35NO2. The van der Waals surface area contributed by atoms with Gasteiger partial charge in [0.15, 0.2) is 0 Å². The summed E-state index contributed by atoms with van der Waals surface area (Å²) in [4.78, 5) is 0. The average Bonchev–Trinajstić information content (AvgIpc) is 2.87. The van der Waals surface area contributed by atoms with Crippen LogP contribution in [-0.2, 0) is 4.74 Å². The molecule has 0 saturated heterocycles. The van der Waals surface area contributed by atoms with Crippen molar-refractivity contribution in [2.75, 3.05) is 20.3 Å². The van der Waals surface area contributed by atoms with Gasteiger partial charge in [0, 0.05) is 12.1 Å². The predicted molar refractivity (Wildman–Crippen MR) is 85.0 cm³/mol. The van der Waals surface area contributed by atoms with E-state index in [4.69, 9.17) is 4.74 Å². The van der Waals surface area contributed by atoms with Gasteiger partial charge in [-0.05, 0) is 45.6 Å². The van der Waals surface area contributed by atoms with Crippen LogP contribution >= 0.6 is 0 Å². The third-order valence-corrected chi connectivity index (χ3v) is 5.07. The van der Waals surface area contributed by atoms with Crippen LogP contribution in [0.15, 0.2) is 0 Å². The highest BCUT2D eigenvalue weighted by atomic mass is 16.5. The fourth-order valence-corrected chi connectivity index (χ4v) is 3.53. The molecule has 3 nitrogen and oxygen atoms in total. The summed E-state index contributed by atoms with van der Waals surface area (Å²) in [7, 11) is 1.98. The molecule has 0 heterocycles. The molecule has 0 aromatic heterocycles. The molecule has 1 fully saturated rings. The van der Waals surface area contributed by atoms with Crippen molar-refractivity contribution in [1.29, 1.82) is 0 Å². The summed E-state index contributed by atoms with van der Waals surface area (Å²) < 4.78 is 5.96. The molecule has 1 aliphatic carbocycles. The molecule has 20 heavy (non-hydrogen) atoms. The summed E-state index contributed by atoms with van der Waals surface area (Å²) in [5.41, 5.74) is -0.0479. The second kappa shape index (κ2) is 9.75. The van der Waals surface area contributed by atoms with Gasteiger partial charge in [-0.15, -0.1) is 0 Å². The normalized spacial score (nSPS) is 27.9. The van der Waals surface area contributed by atoms with Crippen molar-refractivity contribution in [3.8, 4) is 0 Å². The first kappa shape index (κ1) is 17.9. The Morgan fingerprint density at radius 1 is 1.35 bits per heavy atom. The standard InChI is InChI=1S/C17H35NO2/c1-4-5-6-7-9-15(2)20-13-11-16-10-8-12-17(16,14-19)18-3/h15-16,18-19H,4-14H2,1-3H3. The molecule has 1 aliphatic rings. The van der Waals surface area contributed by atoms with Crippen LogP contribution in [-0.4, -0.2) is 37.0 Å². The third kappa shape index (κ3) is 5.34. The lowest BCUT2D eigenvalue weighted by Crippen LogP contribution is -2.49. The Balaban J connectivity index is 2.16. The monoisotopic (exact) mass is 285 g/mol. The summed E-state index contributed by atoms with van der Waals surface area (Å²) >= 11 is 0. The van der Waals surface area contributed by atoms with Crippen LogP contribution in [0.5, 0.6) is 0 Å². The maximum atomic E-state index is 9.66. The summed E-state index contributed by atoms with van der Waals surface area (Å²) in [6.07, 6.45) is 11.4. The van der Waals surface area contributed by atoms with Gasteiger partial charge in [0.05, 0.1) is 12.7 Å². The maximum Gasteiger partial charge on any atom is 0.0615 e. The van der Waals surface area contributed by atoms with Crippen molar-refractivity contribution in [2.45, 2.75) is 83.3 Å². The van der Waals surface area contributed by atoms with Crippen molar-refractivity contribution in [3.63, 3.8) is 0 Å². The molecule has 1 saturated carbocycles. The molecule has 120 valence electrons. The van der Waals surface area contributed by atoms with Crippen molar-refractivity contribution >= 4 is 0 Å². The van der Waals surface area contributed by atoms with Gasteiger partial charge in [-0.25, -0.2) is 0 Å². The first-order chi connectivity index (χ1) is 9.68. The minimum absolute atomic E-state index is 0.0479. The van der Waals surface area contributed by atoms with E-state index >= 15 is 0 Å². The van der Waals surface area contributed by atoms with Gasteiger partial charge in [0.25, 0.3) is 0 Å². The number of rotatable bonds is 11. The number of aliphatic hydroxyl groups is 1. The smallest absolute Gasteiger partial charge is 0.0615 e. The van der Waals surface area contributed by atoms with E-state index in [2.05, 4.69) is 19.2 Å². The van der Waals surface area contributed by atoms with Gasteiger partial charge in [0.1, 0.15) is 0 Å². The topological polar surface area (TPSA) is 41.5 Å². The van der Waals surface area contributed by atoms with Crippen molar-refractivity contribution in [3.05, 3.63) is 0 Å². The third-order valence-electron chi connectivity index (χ3n) is 5.07. The van der Waals surface area contributed by atoms with Crippen LogP contribution in [0.1, 0.15) is 71.6 Å². The molecule has 0 amide bonds. The van der Waals surface area contributed by atoms with Gasteiger partial charge in [0.2, 0.25) is 0 Å². The van der Waals surface area contributed by atoms with Crippen molar-refractivity contribution in [2.24, 2.45) is 5.92 Å². The van der Waals surface area contributed by atoms with E-state index in [-0.39, 0.29) is 12.1 Å². The van der Waals surface area contributed by atoms with Crippen LogP contribution in [0.25, 0.3) is 0 Å². The minimum atomic E-state index is -0.0479. The highest BCUT2D eigenvalue weighted by Crippen LogP contribution is 2.37. The molecule has 3 unspecified atom stereocenters. The number of hydrogen-bond acceptors (Lipinski definition) is 3. The summed E-state index contributed by atoms with van der Waals surface area (Å²) in [5, 5.41) is 13.0. The Bertz CT molecular complexity index is 241. The van der Waals surface area contributed by atoms with E-state index in [1.165, 1.54) is 44.9 Å². The molecule has 3 atom stereocenters. The van der Waals surface area contributed by atoms with Crippen LogP contribution in [0.3, 0.4) is 0 Å². The highest BCUT2D eigenvalue weighted by molar-refractivity contribution is 4.97. The largest absolute Gasteiger partial charge is 0.394 e. The quantitative estimate of drug-likeness (QED) is 0.571. The molecule has 0 aromatic carbocycles. The fourth-order valence-electron chi connectivity index (χ4n) is 3.53. The molecule has 0 spiro atoms. The summed E-state index contributed by atoms with van der Waals surface area (Å²) in [6, 6.07) is 0. The zero-order valence-electron chi connectivity index (χ0n) is 13.8. The van der Waals surface area contributed by atoms with Gasteiger partial charge in [-0.1, -0.05) is 39.0 Å². The molecule has 0 bridgehead atoms. The van der Waals surface area contributed by atoms with E-state index in [1.807, 2.05) is 7.05 Å². The van der Waals surface area contributed by atoms with Crippen molar-refractivity contribution < 1.29 is 9.84 Å². The second-order valence-electron chi connectivity index (χ2n) is 6.47. The number of unbranched alkanes of at least 4 members (excludes halogenated alkanes) is 3. The van der Waals surface area contributed by atoms with Crippen LogP contribution in [0, 0.1) is 5.92 Å². The lowest BCUT2D eigenvalue weighted by molar-refractivity contribution is 0.0361. The van der Waals surface area contributed by atoms with E-state index in [9.17, 15) is 5.11 Å². The first-order valence-electron chi connectivity index (χ1n) is 8.60. The number of aliphatic hydroxyl groups excluding tert-OH is 1. The van der Waals surface area contributed by atoms with Gasteiger partial charge >= 0.3 is 0 Å². The van der Waals surface area contributed by atoms with Crippen LogP contribution in [0.4, 0.5) is 0 Å². The Morgan fingerprint density at radius 3 is 2.80 bits per heavy atom. The molecule has 2 N–H and O–H groups in total. The molecular weight excluding hydrogens is 250 g/mol. The number of hydrogen-bond donors (Lipinski definition) is 2. The summed E-state index contributed by atoms with van der Waals surface area (Å²) in [5.74, 6) is 0.560. The number of nitrogens with one attached hydrogen (secondary N) is 1. The molecule has 0 aromatic rings. The Kier molecular flexibility index (Phi) is 8.74. The maximum absolute atomic E-state index is 9.66. The van der Waals surface area contributed by atoms with E-state index in [0.717, 1.165) is 19.4 Å². The molecule has 0 radical (unpaired) electrons. The molecule has 1 rings (SSSR count). The lowest BCUT2D eigenvalue weighted by atomic mass is 9.85. The molecule has 3 heteroatoms. The van der Waals surface area contributed by atoms with Crippen LogP contribution < -0.4 is 5.32 Å². The zero-order valence-corrected chi connectivity index (χ0v) is 13.8. The SMILES string of the molecule is CCCCCCC(C)OCCC1CCCC1(CO)NC. The Morgan fingerprint density at radius 2 is 2.15 bits per heavy atom. The molecule has 0 aliphatic heterocycles. The van der Waals surface area contributed by atoms with E-state index < -0.39 is 0 Å². The van der Waals surface area contributed by atoms with Gasteiger partial charge < -0.3 is 15.2 Å². The van der Waals surface area contributed by atoms with Crippen LogP contribution in [0.2, 0.25) is 0 Å². The first-order valence-corrected chi connectivity index (χ1v) is 8.60. The fraction of sp³-hybridized carbons (Fsp3) is 1.00. The Labute approximate surface area is 125 Å². The number of ether oxygens (including phenoxy) is 1. The summed E-state index contributed by atoms with van der Waals surface area (Å²) in [6.45, 7) is 5.53. The van der Waals surface area contributed by atoms with E-state index in [0.29, 0.717) is 12.0 Å². The average molecular weight is 285 g/mol. The second-order valence-corrected chi connectivity index (χ2v) is 6.47.